The van der Waals surface area contributed by atoms with E-state index in [0.29, 0.717) is 24.6 Å². The summed E-state index contributed by atoms with van der Waals surface area (Å²) in [6, 6.07) is 5.23. The van der Waals surface area contributed by atoms with E-state index >= 15 is 0 Å². The number of carbonyl (C=O) groups is 1. The number of carbonyl (C=O) groups excluding carboxylic acids is 1. The highest BCUT2D eigenvalue weighted by Gasteiger charge is 2.46. The summed E-state index contributed by atoms with van der Waals surface area (Å²) in [7, 11) is -3.28. The molecule has 1 aromatic rings. The number of sulfonamides is 1. The topological polar surface area (TPSA) is 79.8 Å². The predicted molar refractivity (Wildman–Crippen MR) is 97.4 cm³/mol. The Bertz CT molecular complexity index is 804. The molecule has 1 atom stereocenters. The van der Waals surface area contributed by atoms with Crippen LogP contribution in [0.5, 0.6) is 0 Å². The Labute approximate surface area is 154 Å². The van der Waals surface area contributed by atoms with E-state index < -0.39 is 10.0 Å². The molecule has 1 aliphatic carbocycles. The van der Waals surface area contributed by atoms with E-state index in [9.17, 15) is 13.2 Å². The number of anilines is 1. The smallest absolute Gasteiger partial charge is 0.416 e. The Balaban J connectivity index is 1.59. The third kappa shape index (κ3) is 3.20. The molecule has 7 nitrogen and oxygen atoms in total. The van der Waals surface area contributed by atoms with Crippen LogP contribution in [0.2, 0.25) is 0 Å². The van der Waals surface area contributed by atoms with Crippen molar-refractivity contribution in [2.24, 2.45) is 0 Å². The first-order valence-electron chi connectivity index (χ1n) is 9.32. The maximum Gasteiger partial charge on any atom is 0.416 e. The van der Waals surface area contributed by atoms with Gasteiger partial charge in [0, 0.05) is 6.54 Å². The SMILES string of the molecule is CS(=O)(=O)N1CCCC1c1cccc(N2CC3(CCCCC3)OC2=O)n1. The molecule has 0 N–H and O–H groups in total. The van der Waals surface area contributed by atoms with Crippen LogP contribution in [0.1, 0.15) is 56.7 Å². The van der Waals surface area contributed by atoms with E-state index in [1.165, 1.54) is 17.0 Å². The number of hydrogen-bond donors (Lipinski definition) is 0. The van der Waals surface area contributed by atoms with Gasteiger partial charge in [-0.2, -0.15) is 4.31 Å². The van der Waals surface area contributed by atoms with E-state index in [2.05, 4.69) is 4.98 Å². The molecule has 8 heteroatoms. The van der Waals surface area contributed by atoms with Crippen molar-refractivity contribution in [3.63, 3.8) is 0 Å². The number of amides is 1. The molecule has 1 amide bonds. The Morgan fingerprint density at radius 2 is 1.96 bits per heavy atom. The van der Waals surface area contributed by atoms with Crippen LogP contribution >= 0.6 is 0 Å². The maximum absolute atomic E-state index is 12.5. The summed E-state index contributed by atoms with van der Waals surface area (Å²) in [5.41, 5.74) is 0.321. The van der Waals surface area contributed by atoms with Crippen LogP contribution in [0, 0.1) is 0 Å². The fourth-order valence-corrected chi connectivity index (χ4v) is 5.60. The molecular weight excluding hydrogens is 354 g/mol. The van der Waals surface area contributed by atoms with Crippen molar-refractivity contribution < 1.29 is 17.9 Å². The fraction of sp³-hybridized carbons (Fsp3) is 0.667. The zero-order chi connectivity index (χ0) is 18.4. The Hall–Kier alpha value is -1.67. The van der Waals surface area contributed by atoms with Gasteiger partial charge < -0.3 is 4.74 Å². The minimum Gasteiger partial charge on any atom is -0.441 e. The molecule has 3 heterocycles. The van der Waals surface area contributed by atoms with Gasteiger partial charge in [0.1, 0.15) is 11.4 Å². The fourth-order valence-electron chi connectivity index (χ4n) is 4.46. The van der Waals surface area contributed by atoms with Gasteiger partial charge in [0.15, 0.2) is 0 Å². The van der Waals surface area contributed by atoms with Crippen molar-refractivity contribution in [2.45, 2.75) is 56.6 Å². The Morgan fingerprint density at radius 3 is 2.69 bits per heavy atom. The van der Waals surface area contributed by atoms with Gasteiger partial charge in [0.25, 0.3) is 0 Å². The van der Waals surface area contributed by atoms with Gasteiger partial charge in [-0.15, -0.1) is 0 Å². The van der Waals surface area contributed by atoms with Crippen LogP contribution in [0.15, 0.2) is 18.2 Å². The van der Waals surface area contributed by atoms with Crippen LogP contribution in [0.25, 0.3) is 0 Å². The normalized spacial score (nSPS) is 26.4. The predicted octanol–water partition coefficient (Wildman–Crippen LogP) is 2.84. The lowest BCUT2D eigenvalue weighted by Gasteiger charge is -2.30. The Kier molecular flexibility index (Phi) is 4.43. The highest BCUT2D eigenvalue weighted by molar-refractivity contribution is 7.88. The summed E-state index contributed by atoms with van der Waals surface area (Å²) in [6.45, 7) is 1.05. The molecule has 0 aromatic carbocycles. The summed E-state index contributed by atoms with van der Waals surface area (Å²) in [5, 5.41) is 0. The van der Waals surface area contributed by atoms with Crippen LogP contribution in [0.3, 0.4) is 0 Å². The molecular formula is C18H25N3O4S. The second-order valence-electron chi connectivity index (χ2n) is 7.65. The van der Waals surface area contributed by atoms with Crippen LogP contribution in [-0.4, -0.2) is 48.7 Å². The number of rotatable bonds is 3. The van der Waals surface area contributed by atoms with E-state index in [1.807, 2.05) is 12.1 Å². The Morgan fingerprint density at radius 1 is 1.19 bits per heavy atom. The molecule has 1 spiro atoms. The van der Waals surface area contributed by atoms with Gasteiger partial charge in [-0.05, 0) is 50.7 Å². The summed E-state index contributed by atoms with van der Waals surface area (Å²) in [6.07, 6.45) is 7.62. The molecule has 1 saturated carbocycles. The molecule has 142 valence electrons. The first kappa shape index (κ1) is 17.7. The van der Waals surface area contributed by atoms with Crippen molar-refractivity contribution in [2.75, 3.05) is 24.2 Å². The van der Waals surface area contributed by atoms with Gasteiger partial charge in [0.05, 0.1) is 24.5 Å². The van der Waals surface area contributed by atoms with Gasteiger partial charge in [-0.25, -0.2) is 18.2 Å². The van der Waals surface area contributed by atoms with Crippen molar-refractivity contribution >= 4 is 21.9 Å². The van der Waals surface area contributed by atoms with E-state index in [1.54, 1.807) is 11.0 Å². The lowest BCUT2D eigenvalue weighted by Crippen LogP contribution is -2.36. The molecule has 0 bridgehead atoms. The molecule has 26 heavy (non-hydrogen) atoms. The molecule has 2 saturated heterocycles. The molecule has 4 rings (SSSR count). The number of hydrogen-bond acceptors (Lipinski definition) is 5. The van der Waals surface area contributed by atoms with Gasteiger partial charge in [-0.1, -0.05) is 12.5 Å². The van der Waals surface area contributed by atoms with Gasteiger partial charge in [-0.3, -0.25) is 4.90 Å². The van der Waals surface area contributed by atoms with Crippen LogP contribution in [0.4, 0.5) is 10.6 Å². The van der Waals surface area contributed by atoms with Crippen molar-refractivity contribution in [3.05, 3.63) is 23.9 Å². The third-order valence-electron chi connectivity index (χ3n) is 5.74. The van der Waals surface area contributed by atoms with Gasteiger partial charge in [0.2, 0.25) is 10.0 Å². The van der Waals surface area contributed by atoms with Crippen LogP contribution in [-0.2, 0) is 14.8 Å². The standard InChI is InChI=1S/C18H25N3O4S/c1-26(23,24)21-12-6-8-15(21)14-7-5-9-16(19-14)20-13-18(25-17(20)22)10-3-2-4-11-18/h5,7,9,15H,2-4,6,8,10-13H2,1H3. The third-order valence-corrected chi connectivity index (χ3v) is 7.03. The first-order valence-corrected chi connectivity index (χ1v) is 11.2. The minimum atomic E-state index is -3.28. The maximum atomic E-state index is 12.5. The van der Waals surface area contributed by atoms with E-state index in [-0.39, 0.29) is 17.7 Å². The van der Waals surface area contributed by atoms with E-state index in [4.69, 9.17) is 4.74 Å². The summed E-state index contributed by atoms with van der Waals surface area (Å²) >= 11 is 0. The zero-order valence-corrected chi connectivity index (χ0v) is 15.9. The van der Waals surface area contributed by atoms with Crippen LogP contribution < -0.4 is 4.90 Å². The molecule has 2 aliphatic heterocycles. The van der Waals surface area contributed by atoms with E-state index in [0.717, 1.165) is 38.5 Å². The quantitative estimate of drug-likeness (QED) is 0.807. The lowest BCUT2D eigenvalue weighted by atomic mass is 9.85. The summed E-state index contributed by atoms with van der Waals surface area (Å²) < 4.78 is 31.3. The van der Waals surface area contributed by atoms with Crippen molar-refractivity contribution in [1.82, 2.24) is 9.29 Å². The average molecular weight is 379 g/mol. The first-order chi connectivity index (χ1) is 12.4. The molecule has 1 aromatic heterocycles. The second-order valence-corrected chi connectivity index (χ2v) is 9.59. The second kappa shape index (κ2) is 6.49. The largest absolute Gasteiger partial charge is 0.441 e. The molecule has 3 fully saturated rings. The molecule has 3 aliphatic rings. The number of aromatic nitrogens is 1. The highest BCUT2D eigenvalue weighted by atomic mass is 32.2. The molecule has 1 unspecified atom stereocenters. The average Bonchev–Trinajstić information content (AvgIpc) is 3.21. The van der Waals surface area contributed by atoms with Crippen molar-refractivity contribution in [1.29, 1.82) is 0 Å². The van der Waals surface area contributed by atoms with Crippen molar-refractivity contribution in [3.8, 4) is 0 Å². The number of nitrogens with zero attached hydrogens (tertiary/aromatic N) is 3. The highest BCUT2D eigenvalue weighted by Crippen LogP contribution is 2.39. The minimum absolute atomic E-state index is 0.257. The zero-order valence-electron chi connectivity index (χ0n) is 15.1. The van der Waals surface area contributed by atoms with Gasteiger partial charge >= 0.3 is 6.09 Å². The number of ether oxygens (including phenoxy) is 1. The lowest BCUT2D eigenvalue weighted by molar-refractivity contribution is 0.0260. The summed E-state index contributed by atoms with van der Waals surface area (Å²) in [4.78, 5) is 18.7. The monoisotopic (exact) mass is 379 g/mol. The number of pyridine rings is 1. The summed E-state index contributed by atoms with van der Waals surface area (Å²) in [5.74, 6) is 0.551. The molecule has 0 radical (unpaired) electrons.